The molecule has 48 valence electrons. The minimum atomic E-state index is 0.469. The molecular weight excluding hydrogens is 118 g/mol. The highest BCUT2D eigenvalue weighted by Gasteiger charge is 1.88. The van der Waals surface area contributed by atoms with Crippen molar-refractivity contribution >= 4 is 6.41 Å². The molecule has 1 aromatic heterocycles. The molecular formula is C5H7N3O. The molecule has 1 rings (SSSR count). The van der Waals surface area contributed by atoms with Crippen LogP contribution in [0, 0.1) is 0 Å². The van der Waals surface area contributed by atoms with Gasteiger partial charge in [-0.15, -0.1) is 0 Å². The van der Waals surface area contributed by atoms with Crippen molar-refractivity contribution in [2.24, 2.45) is 0 Å². The first kappa shape index (κ1) is 5.81. The number of amides is 1. The molecule has 0 aliphatic carbocycles. The smallest absolute Gasteiger partial charge is 0.207 e. The Hall–Kier alpha value is -1.32. The number of carbonyl (C=O) groups excluding carboxylic acids is 1. The molecule has 4 nitrogen and oxygen atoms in total. The van der Waals surface area contributed by atoms with Crippen molar-refractivity contribution in [1.82, 2.24) is 15.3 Å². The summed E-state index contributed by atoms with van der Waals surface area (Å²) in [5.74, 6) is 0.766. The lowest BCUT2D eigenvalue weighted by Crippen LogP contribution is -2.10. The van der Waals surface area contributed by atoms with E-state index < -0.39 is 0 Å². The lowest BCUT2D eigenvalue weighted by atomic mass is 10.6. The molecule has 1 aromatic rings. The van der Waals surface area contributed by atoms with Crippen LogP contribution in [-0.4, -0.2) is 16.4 Å². The fourth-order valence-corrected chi connectivity index (χ4v) is 0.533. The average molecular weight is 125 g/mol. The summed E-state index contributed by atoms with van der Waals surface area (Å²) in [4.78, 5) is 16.5. The van der Waals surface area contributed by atoms with Gasteiger partial charge in [-0.05, 0) is 0 Å². The van der Waals surface area contributed by atoms with Crippen LogP contribution >= 0.6 is 0 Å². The van der Waals surface area contributed by atoms with Crippen molar-refractivity contribution in [3.63, 3.8) is 0 Å². The molecule has 0 fully saturated rings. The summed E-state index contributed by atoms with van der Waals surface area (Å²) in [5.41, 5.74) is 0. The number of nitrogens with zero attached hydrogens (tertiary/aromatic N) is 1. The van der Waals surface area contributed by atoms with Gasteiger partial charge in [0, 0.05) is 12.4 Å². The largest absolute Gasteiger partial charge is 0.351 e. The lowest BCUT2D eigenvalue weighted by Gasteiger charge is -1.90. The Balaban J connectivity index is 2.38. The second-order valence-electron chi connectivity index (χ2n) is 1.53. The molecule has 0 bridgehead atoms. The Morgan fingerprint density at radius 2 is 2.78 bits per heavy atom. The number of carbonyl (C=O) groups is 1. The maximum absolute atomic E-state index is 9.75. The van der Waals surface area contributed by atoms with Gasteiger partial charge in [0.15, 0.2) is 0 Å². The normalized spacial score (nSPS) is 8.89. The minimum Gasteiger partial charge on any atom is -0.351 e. The van der Waals surface area contributed by atoms with Gasteiger partial charge in [-0.1, -0.05) is 0 Å². The summed E-state index contributed by atoms with van der Waals surface area (Å²) >= 11 is 0. The zero-order valence-corrected chi connectivity index (χ0v) is 4.79. The number of hydrogen-bond acceptors (Lipinski definition) is 2. The van der Waals surface area contributed by atoms with E-state index in [4.69, 9.17) is 0 Å². The zero-order valence-electron chi connectivity index (χ0n) is 4.79. The molecule has 0 aromatic carbocycles. The molecule has 0 atom stereocenters. The molecule has 4 heteroatoms. The van der Waals surface area contributed by atoms with E-state index in [0.29, 0.717) is 13.0 Å². The van der Waals surface area contributed by atoms with E-state index in [-0.39, 0.29) is 0 Å². The Morgan fingerprint density at radius 3 is 3.33 bits per heavy atom. The quantitative estimate of drug-likeness (QED) is 0.543. The van der Waals surface area contributed by atoms with Crippen molar-refractivity contribution < 1.29 is 4.79 Å². The highest BCUT2D eigenvalue weighted by atomic mass is 16.1. The van der Waals surface area contributed by atoms with Crippen LogP contribution in [0.25, 0.3) is 0 Å². The molecule has 1 heterocycles. The van der Waals surface area contributed by atoms with Crippen molar-refractivity contribution in [2.45, 2.75) is 6.54 Å². The zero-order chi connectivity index (χ0) is 6.53. The number of imidazole rings is 1. The van der Waals surface area contributed by atoms with Crippen LogP contribution in [0.2, 0.25) is 0 Å². The maximum atomic E-state index is 9.75. The Labute approximate surface area is 52.3 Å². The number of aromatic amines is 1. The summed E-state index contributed by atoms with van der Waals surface area (Å²) in [6, 6.07) is 0. The van der Waals surface area contributed by atoms with E-state index in [0.717, 1.165) is 5.82 Å². The first-order valence-corrected chi connectivity index (χ1v) is 2.59. The van der Waals surface area contributed by atoms with Crippen LogP contribution in [0.3, 0.4) is 0 Å². The van der Waals surface area contributed by atoms with Crippen molar-refractivity contribution in [3.8, 4) is 0 Å². The van der Waals surface area contributed by atoms with Crippen LogP contribution in [-0.2, 0) is 11.3 Å². The van der Waals surface area contributed by atoms with Crippen LogP contribution in [0.5, 0.6) is 0 Å². The predicted molar refractivity (Wildman–Crippen MR) is 31.5 cm³/mol. The molecule has 0 aliphatic rings. The standard InChI is InChI=1S/C5H7N3O/c9-4-6-3-5-7-1-2-8-5/h1-2,4H,3H2,(H,6,9)(H,7,8). The van der Waals surface area contributed by atoms with E-state index >= 15 is 0 Å². The Bertz CT molecular complexity index is 170. The maximum Gasteiger partial charge on any atom is 0.207 e. The van der Waals surface area contributed by atoms with Gasteiger partial charge in [0.05, 0.1) is 6.54 Å². The fourth-order valence-electron chi connectivity index (χ4n) is 0.533. The highest BCUT2D eigenvalue weighted by Crippen LogP contribution is 1.83. The number of aromatic nitrogens is 2. The van der Waals surface area contributed by atoms with E-state index in [1.54, 1.807) is 12.4 Å². The molecule has 0 saturated heterocycles. The van der Waals surface area contributed by atoms with Gasteiger partial charge in [0.2, 0.25) is 6.41 Å². The molecule has 0 spiro atoms. The Morgan fingerprint density at radius 1 is 1.89 bits per heavy atom. The number of hydrogen-bond donors (Lipinski definition) is 2. The minimum absolute atomic E-state index is 0.469. The topological polar surface area (TPSA) is 57.8 Å². The summed E-state index contributed by atoms with van der Waals surface area (Å²) in [7, 11) is 0. The third-order valence-electron chi connectivity index (χ3n) is 0.908. The van der Waals surface area contributed by atoms with Crippen LogP contribution in [0.1, 0.15) is 5.82 Å². The monoisotopic (exact) mass is 125 g/mol. The summed E-state index contributed by atoms with van der Waals surface area (Å²) in [6.45, 7) is 0.469. The molecule has 0 aliphatic heterocycles. The van der Waals surface area contributed by atoms with Gasteiger partial charge in [-0.25, -0.2) is 4.98 Å². The first-order chi connectivity index (χ1) is 4.43. The molecule has 0 unspecified atom stereocenters. The van der Waals surface area contributed by atoms with Gasteiger partial charge >= 0.3 is 0 Å². The van der Waals surface area contributed by atoms with Crippen LogP contribution in [0.4, 0.5) is 0 Å². The summed E-state index contributed by atoms with van der Waals surface area (Å²) in [6.07, 6.45) is 3.99. The number of H-pyrrole nitrogens is 1. The SMILES string of the molecule is O=CNCc1ncc[nH]1. The summed E-state index contributed by atoms with van der Waals surface area (Å²) < 4.78 is 0. The van der Waals surface area contributed by atoms with E-state index in [2.05, 4.69) is 15.3 Å². The molecule has 0 saturated carbocycles. The molecule has 9 heavy (non-hydrogen) atoms. The van der Waals surface area contributed by atoms with E-state index in [9.17, 15) is 4.79 Å². The summed E-state index contributed by atoms with van der Waals surface area (Å²) in [5, 5.41) is 2.48. The third kappa shape index (κ3) is 1.56. The van der Waals surface area contributed by atoms with Crippen molar-refractivity contribution in [2.75, 3.05) is 0 Å². The van der Waals surface area contributed by atoms with E-state index in [1.165, 1.54) is 0 Å². The second kappa shape index (κ2) is 2.86. The molecule has 1 amide bonds. The third-order valence-corrected chi connectivity index (χ3v) is 0.908. The van der Waals surface area contributed by atoms with Gasteiger partial charge < -0.3 is 10.3 Å². The number of nitrogens with one attached hydrogen (secondary N) is 2. The lowest BCUT2D eigenvalue weighted by molar-refractivity contribution is -0.109. The van der Waals surface area contributed by atoms with Crippen molar-refractivity contribution in [3.05, 3.63) is 18.2 Å². The molecule has 2 N–H and O–H groups in total. The Kier molecular flexibility index (Phi) is 1.85. The predicted octanol–water partition coefficient (Wildman–Crippen LogP) is -0.344. The van der Waals surface area contributed by atoms with Crippen LogP contribution in [0.15, 0.2) is 12.4 Å². The fraction of sp³-hybridized carbons (Fsp3) is 0.200. The first-order valence-electron chi connectivity index (χ1n) is 2.59. The van der Waals surface area contributed by atoms with Gasteiger partial charge in [-0.3, -0.25) is 4.79 Å². The average Bonchev–Trinajstić information content (AvgIpc) is 2.34. The van der Waals surface area contributed by atoms with E-state index in [1.807, 2.05) is 0 Å². The molecule has 0 radical (unpaired) electrons. The van der Waals surface area contributed by atoms with Crippen LogP contribution < -0.4 is 5.32 Å². The van der Waals surface area contributed by atoms with Gasteiger partial charge in [-0.2, -0.15) is 0 Å². The highest BCUT2D eigenvalue weighted by molar-refractivity contribution is 5.45. The van der Waals surface area contributed by atoms with Crippen molar-refractivity contribution in [1.29, 1.82) is 0 Å². The second-order valence-corrected chi connectivity index (χ2v) is 1.53. The van der Waals surface area contributed by atoms with Gasteiger partial charge in [0.25, 0.3) is 0 Å². The van der Waals surface area contributed by atoms with Gasteiger partial charge in [0.1, 0.15) is 5.82 Å². The number of rotatable bonds is 3.